The molecule has 0 saturated heterocycles. The number of rotatable bonds is 7. The maximum absolute atomic E-state index is 5.65. The molecule has 2 heterocycles. The van der Waals surface area contributed by atoms with Crippen molar-refractivity contribution in [1.29, 1.82) is 0 Å². The predicted molar refractivity (Wildman–Crippen MR) is 94.1 cm³/mol. The summed E-state index contributed by atoms with van der Waals surface area (Å²) in [7, 11) is 1.63. The minimum atomic E-state index is 0.339. The summed E-state index contributed by atoms with van der Waals surface area (Å²) in [6, 6.07) is 9.35. The van der Waals surface area contributed by atoms with Gasteiger partial charge in [-0.1, -0.05) is 12.1 Å². The van der Waals surface area contributed by atoms with Crippen molar-refractivity contribution in [2.75, 3.05) is 13.4 Å². The Morgan fingerprint density at radius 2 is 2.12 bits per heavy atom. The SMILES string of the molecule is COc1ccc(COc2cc(C(=NCc3ncco3)SC)on2)cc1. The molecular weight excluding hydrogens is 342 g/mol. The number of ether oxygens (including phenoxy) is 2. The quantitative estimate of drug-likeness (QED) is 0.471. The van der Waals surface area contributed by atoms with Crippen LogP contribution in [0, 0.1) is 0 Å². The van der Waals surface area contributed by atoms with Crippen LogP contribution < -0.4 is 9.47 Å². The Balaban J connectivity index is 1.61. The molecule has 0 unspecified atom stereocenters. The number of benzene rings is 1. The van der Waals surface area contributed by atoms with Gasteiger partial charge in [0.1, 0.15) is 30.2 Å². The molecule has 25 heavy (non-hydrogen) atoms. The predicted octanol–water partition coefficient (Wildman–Crippen LogP) is 3.56. The number of aliphatic imine (C=N–C) groups is 1. The molecule has 0 N–H and O–H groups in total. The number of hydrogen-bond donors (Lipinski definition) is 0. The van der Waals surface area contributed by atoms with Gasteiger partial charge in [0.05, 0.1) is 19.4 Å². The van der Waals surface area contributed by atoms with Crippen LogP contribution in [-0.4, -0.2) is 28.5 Å². The first-order chi connectivity index (χ1) is 12.3. The highest BCUT2D eigenvalue weighted by Gasteiger charge is 2.12. The second kappa shape index (κ2) is 8.39. The second-order valence-corrected chi connectivity index (χ2v) is 5.71. The topological polar surface area (TPSA) is 82.9 Å². The van der Waals surface area contributed by atoms with E-state index < -0.39 is 0 Å². The van der Waals surface area contributed by atoms with E-state index in [4.69, 9.17) is 18.4 Å². The van der Waals surface area contributed by atoms with Gasteiger partial charge in [-0.25, -0.2) is 4.98 Å². The van der Waals surface area contributed by atoms with Crippen LogP contribution in [-0.2, 0) is 13.2 Å². The zero-order chi connectivity index (χ0) is 17.5. The lowest BCUT2D eigenvalue weighted by atomic mass is 10.2. The van der Waals surface area contributed by atoms with E-state index in [0.29, 0.717) is 35.7 Å². The Morgan fingerprint density at radius 1 is 1.28 bits per heavy atom. The molecule has 8 heteroatoms. The van der Waals surface area contributed by atoms with Crippen molar-refractivity contribution in [1.82, 2.24) is 10.1 Å². The third-order valence-corrected chi connectivity index (χ3v) is 4.00. The van der Waals surface area contributed by atoms with Crippen LogP contribution in [0.2, 0.25) is 0 Å². The molecule has 3 rings (SSSR count). The van der Waals surface area contributed by atoms with E-state index >= 15 is 0 Å². The Kier molecular flexibility index (Phi) is 5.73. The fraction of sp³-hybridized carbons (Fsp3) is 0.235. The van der Waals surface area contributed by atoms with Gasteiger partial charge in [0, 0.05) is 0 Å². The van der Waals surface area contributed by atoms with Crippen molar-refractivity contribution in [3.05, 3.63) is 60.0 Å². The van der Waals surface area contributed by atoms with Crippen molar-refractivity contribution in [3.8, 4) is 11.6 Å². The van der Waals surface area contributed by atoms with E-state index in [1.165, 1.54) is 18.0 Å². The summed E-state index contributed by atoms with van der Waals surface area (Å²) < 4.78 is 21.3. The molecule has 0 fully saturated rings. The van der Waals surface area contributed by atoms with Crippen LogP contribution >= 0.6 is 11.8 Å². The van der Waals surface area contributed by atoms with Crippen molar-refractivity contribution in [2.45, 2.75) is 13.2 Å². The monoisotopic (exact) mass is 359 g/mol. The molecule has 0 saturated carbocycles. The van der Waals surface area contributed by atoms with Crippen LogP contribution in [0.3, 0.4) is 0 Å². The first-order valence-electron chi connectivity index (χ1n) is 7.48. The molecule has 2 aromatic heterocycles. The van der Waals surface area contributed by atoms with Gasteiger partial charge in [-0.3, -0.25) is 4.99 Å². The molecule has 0 amide bonds. The Labute approximate surface area is 149 Å². The first kappa shape index (κ1) is 17.1. The number of aromatic nitrogens is 2. The van der Waals surface area contributed by atoms with Gasteiger partial charge in [0.25, 0.3) is 5.88 Å². The highest BCUT2D eigenvalue weighted by atomic mass is 32.2. The lowest BCUT2D eigenvalue weighted by Crippen LogP contribution is -1.96. The molecule has 130 valence electrons. The van der Waals surface area contributed by atoms with Gasteiger partial charge in [-0.2, -0.15) is 0 Å². The van der Waals surface area contributed by atoms with Gasteiger partial charge in [0.15, 0.2) is 5.76 Å². The summed E-state index contributed by atoms with van der Waals surface area (Å²) >= 11 is 1.45. The Morgan fingerprint density at radius 3 is 2.80 bits per heavy atom. The summed E-state index contributed by atoms with van der Waals surface area (Å²) in [6.45, 7) is 0.726. The zero-order valence-electron chi connectivity index (χ0n) is 13.8. The molecule has 0 atom stereocenters. The largest absolute Gasteiger partial charge is 0.497 e. The third kappa shape index (κ3) is 4.63. The summed E-state index contributed by atoms with van der Waals surface area (Å²) in [5.41, 5.74) is 1.01. The Bertz CT molecular complexity index is 813. The Hall–Kier alpha value is -2.74. The molecule has 0 spiro atoms. The number of methoxy groups -OCH3 is 1. The van der Waals surface area contributed by atoms with E-state index in [2.05, 4.69) is 15.1 Å². The van der Waals surface area contributed by atoms with E-state index in [0.717, 1.165) is 11.3 Å². The number of hydrogen-bond acceptors (Lipinski definition) is 8. The van der Waals surface area contributed by atoms with Crippen molar-refractivity contribution in [2.24, 2.45) is 4.99 Å². The number of oxazole rings is 1. The van der Waals surface area contributed by atoms with Crippen molar-refractivity contribution in [3.63, 3.8) is 0 Å². The first-order valence-corrected chi connectivity index (χ1v) is 8.70. The average Bonchev–Trinajstić information content (AvgIpc) is 3.33. The van der Waals surface area contributed by atoms with E-state index in [9.17, 15) is 0 Å². The van der Waals surface area contributed by atoms with Crippen LogP contribution in [0.15, 0.2) is 56.7 Å². The number of nitrogens with zero attached hydrogens (tertiary/aromatic N) is 3. The highest BCUT2D eigenvalue weighted by Crippen LogP contribution is 2.19. The van der Waals surface area contributed by atoms with Crippen LogP contribution in [0.4, 0.5) is 0 Å². The second-order valence-electron chi connectivity index (χ2n) is 4.92. The molecule has 1 aromatic carbocycles. The molecule has 7 nitrogen and oxygen atoms in total. The third-order valence-electron chi connectivity index (χ3n) is 3.28. The minimum Gasteiger partial charge on any atom is -0.497 e. The number of thioether (sulfide) groups is 1. The lowest BCUT2D eigenvalue weighted by molar-refractivity contribution is 0.269. The van der Waals surface area contributed by atoms with Crippen molar-refractivity contribution >= 4 is 16.8 Å². The standard InChI is InChI=1S/C17H17N3O4S/c1-21-13-5-3-12(4-6-13)11-23-15-9-14(24-20-15)17(25-2)19-10-16-18-7-8-22-16/h3-9H,10-11H2,1-2H3. The summed E-state index contributed by atoms with van der Waals surface area (Å²) in [5, 5.41) is 4.62. The van der Waals surface area contributed by atoms with E-state index in [1.54, 1.807) is 19.4 Å². The minimum absolute atomic E-state index is 0.339. The van der Waals surface area contributed by atoms with Gasteiger partial charge in [0.2, 0.25) is 5.89 Å². The fourth-order valence-electron chi connectivity index (χ4n) is 2.02. The summed E-state index contributed by atoms with van der Waals surface area (Å²) in [5.74, 6) is 2.30. The van der Waals surface area contributed by atoms with E-state index in [-0.39, 0.29) is 0 Å². The smallest absolute Gasteiger partial charge is 0.255 e. The molecule has 0 aliphatic heterocycles. The van der Waals surface area contributed by atoms with Crippen LogP contribution in [0.1, 0.15) is 17.2 Å². The van der Waals surface area contributed by atoms with Crippen LogP contribution in [0.5, 0.6) is 11.6 Å². The lowest BCUT2D eigenvalue weighted by Gasteiger charge is -2.03. The van der Waals surface area contributed by atoms with Gasteiger partial charge >= 0.3 is 0 Å². The maximum atomic E-state index is 5.65. The average molecular weight is 359 g/mol. The van der Waals surface area contributed by atoms with Gasteiger partial charge in [-0.15, -0.1) is 11.8 Å². The molecule has 0 bridgehead atoms. The van der Waals surface area contributed by atoms with Crippen molar-refractivity contribution < 1.29 is 18.4 Å². The molecule has 0 radical (unpaired) electrons. The molecule has 0 aliphatic carbocycles. The molecule has 0 aliphatic rings. The van der Waals surface area contributed by atoms with E-state index in [1.807, 2.05) is 30.5 Å². The van der Waals surface area contributed by atoms with Crippen LogP contribution in [0.25, 0.3) is 0 Å². The van der Waals surface area contributed by atoms with Gasteiger partial charge in [-0.05, 0) is 29.1 Å². The maximum Gasteiger partial charge on any atom is 0.255 e. The molecule has 3 aromatic rings. The fourth-order valence-corrected chi connectivity index (χ4v) is 2.51. The summed E-state index contributed by atoms with van der Waals surface area (Å²) in [6.07, 6.45) is 5.02. The zero-order valence-corrected chi connectivity index (χ0v) is 14.7. The van der Waals surface area contributed by atoms with Gasteiger partial charge < -0.3 is 18.4 Å². The normalized spacial score (nSPS) is 11.5. The summed E-state index contributed by atoms with van der Waals surface area (Å²) in [4.78, 5) is 8.46. The molecular formula is C17H17N3O4S. The highest BCUT2D eigenvalue weighted by molar-refractivity contribution is 8.13.